The Bertz CT molecular complexity index is 1150. The van der Waals surface area contributed by atoms with Crippen LogP contribution >= 0.6 is 0 Å². The van der Waals surface area contributed by atoms with Crippen molar-refractivity contribution in [1.29, 1.82) is 0 Å². The van der Waals surface area contributed by atoms with Crippen LogP contribution in [0.1, 0.15) is 35.6 Å². The molecule has 0 fully saturated rings. The zero-order valence-corrected chi connectivity index (χ0v) is 20.1. The molecule has 0 aliphatic carbocycles. The fourth-order valence-corrected chi connectivity index (χ4v) is 3.91. The number of hydrogen-bond donors (Lipinski definition) is 1. The SMILES string of the molecule is CCCNC(=O)C(Cc1ccccc1)N(Cc1ccc(C)cc1)C(=O)Cc1ccccc1[N+](=O)[O-]. The Labute approximate surface area is 205 Å². The molecule has 1 N–H and O–H groups in total. The number of carbonyl (C=O) groups is 2. The van der Waals surface area contributed by atoms with E-state index in [0.29, 0.717) is 18.5 Å². The molecular weight excluding hydrogens is 442 g/mol. The molecule has 1 unspecified atom stereocenters. The van der Waals surface area contributed by atoms with Gasteiger partial charge in [-0.15, -0.1) is 0 Å². The van der Waals surface area contributed by atoms with E-state index in [9.17, 15) is 19.7 Å². The third-order valence-electron chi connectivity index (χ3n) is 5.82. The molecule has 0 heterocycles. The molecule has 0 radical (unpaired) electrons. The number of benzene rings is 3. The molecule has 0 aliphatic heterocycles. The molecule has 7 nitrogen and oxygen atoms in total. The summed E-state index contributed by atoms with van der Waals surface area (Å²) in [7, 11) is 0. The fraction of sp³-hybridized carbons (Fsp3) is 0.286. The topological polar surface area (TPSA) is 92.6 Å². The van der Waals surface area contributed by atoms with Crippen molar-refractivity contribution in [2.45, 2.75) is 45.7 Å². The normalized spacial score (nSPS) is 11.5. The van der Waals surface area contributed by atoms with Crippen molar-refractivity contribution in [3.8, 4) is 0 Å². The van der Waals surface area contributed by atoms with Gasteiger partial charge in [0, 0.05) is 31.1 Å². The molecule has 35 heavy (non-hydrogen) atoms. The Kier molecular flexibility index (Phi) is 9.12. The predicted octanol–water partition coefficient (Wildman–Crippen LogP) is 4.61. The van der Waals surface area contributed by atoms with E-state index in [-0.39, 0.29) is 30.5 Å². The van der Waals surface area contributed by atoms with Gasteiger partial charge in [0.15, 0.2) is 0 Å². The summed E-state index contributed by atoms with van der Waals surface area (Å²) in [5.41, 5.74) is 3.12. The van der Waals surface area contributed by atoms with Crippen molar-refractivity contribution in [3.05, 3.63) is 111 Å². The van der Waals surface area contributed by atoms with Crippen molar-refractivity contribution in [2.24, 2.45) is 0 Å². The number of para-hydroxylation sites is 1. The molecule has 0 aliphatic rings. The lowest BCUT2D eigenvalue weighted by Gasteiger charge is -2.31. The molecule has 1 atom stereocenters. The summed E-state index contributed by atoms with van der Waals surface area (Å²) in [6, 6.07) is 22.8. The third kappa shape index (κ3) is 7.24. The van der Waals surface area contributed by atoms with Crippen LogP contribution in [0.15, 0.2) is 78.9 Å². The quantitative estimate of drug-likeness (QED) is 0.325. The molecule has 3 aromatic rings. The summed E-state index contributed by atoms with van der Waals surface area (Å²) in [6.07, 6.45) is 0.937. The first-order valence-corrected chi connectivity index (χ1v) is 11.8. The van der Waals surface area contributed by atoms with Gasteiger partial charge in [-0.3, -0.25) is 19.7 Å². The first kappa shape index (κ1) is 25.6. The van der Waals surface area contributed by atoms with Crippen molar-refractivity contribution >= 4 is 17.5 Å². The van der Waals surface area contributed by atoms with E-state index in [2.05, 4.69) is 5.32 Å². The minimum Gasteiger partial charge on any atom is -0.354 e. The minimum atomic E-state index is -0.763. The average molecular weight is 474 g/mol. The van der Waals surface area contributed by atoms with E-state index in [1.807, 2.05) is 68.4 Å². The number of nitro benzene ring substituents is 1. The van der Waals surface area contributed by atoms with E-state index >= 15 is 0 Å². The van der Waals surface area contributed by atoms with Crippen LogP contribution in [0, 0.1) is 17.0 Å². The van der Waals surface area contributed by atoms with E-state index in [1.54, 1.807) is 23.1 Å². The van der Waals surface area contributed by atoms with E-state index in [4.69, 9.17) is 0 Å². The van der Waals surface area contributed by atoms with Crippen LogP contribution in [0.2, 0.25) is 0 Å². The van der Waals surface area contributed by atoms with Crippen molar-refractivity contribution in [3.63, 3.8) is 0 Å². The predicted molar refractivity (Wildman–Crippen MR) is 136 cm³/mol. The van der Waals surface area contributed by atoms with Crippen LogP contribution in [0.3, 0.4) is 0 Å². The maximum absolute atomic E-state index is 13.7. The molecule has 7 heteroatoms. The summed E-state index contributed by atoms with van der Waals surface area (Å²) in [5.74, 6) is -0.578. The second kappa shape index (κ2) is 12.5. The Morgan fingerprint density at radius 3 is 2.26 bits per heavy atom. The first-order valence-electron chi connectivity index (χ1n) is 11.8. The van der Waals surface area contributed by atoms with Crippen LogP contribution in [-0.4, -0.2) is 34.2 Å². The summed E-state index contributed by atoms with van der Waals surface area (Å²) < 4.78 is 0. The number of carbonyl (C=O) groups excluding carboxylic acids is 2. The highest BCUT2D eigenvalue weighted by Crippen LogP contribution is 2.21. The first-order chi connectivity index (χ1) is 16.9. The third-order valence-corrected chi connectivity index (χ3v) is 5.82. The van der Waals surface area contributed by atoms with Gasteiger partial charge in [0.25, 0.3) is 5.69 Å². The van der Waals surface area contributed by atoms with Gasteiger partial charge in [0.05, 0.1) is 11.3 Å². The Morgan fingerprint density at radius 2 is 1.60 bits per heavy atom. The molecule has 3 aromatic carbocycles. The van der Waals surface area contributed by atoms with Gasteiger partial charge < -0.3 is 10.2 Å². The zero-order chi connectivity index (χ0) is 25.2. The second-order valence-electron chi connectivity index (χ2n) is 8.57. The van der Waals surface area contributed by atoms with Gasteiger partial charge >= 0.3 is 0 Å². The maximum Gasteiger partial charge on any atom is 0.273 e. The summed E-state index contributed by atoms with van der Waals surface area (Å²) in [5, 5.41) is 14.4. The molecule has 3 rings (SSSR count). The maximum atomic E-state index is 13.7. The number of hydrogen-bond acceptors (Lipinski definition) is 4. The molecule has 182 valence electrons. The van der Waals surface area contributed by atoms with Crippen LogP contribution in [-0.2, 0) is 29.0 Å². The van der Waals surface area contributed by atoms with E-state index in [0.717, 1.165) is 23.1 Å². The van der Waals surface area contributed by atoms with Crippen LogP contribution in [0.4, 0.5) is 5.69 Å². The Morgan fingerprint density at radius 1 is 0.943 bits per heavy atom. The van der Waals surface area contributed by atoms with Gasteiger partial charge in [-0.25, -0.2) is 0 Å². The van der Waals surface area contributed by atoms with Crippen molar-refractivity contribution in [2.75, 3.05) is 6.54 Å². The van der Waals surface area contributed by atoms with E-state index < -0.39 is 11.0 Å². The average Bonchev–Trinajstić information content (AvgIpc) is 2.86. The zero-order valence-electron chi connectivity index (χ0n) is 20.1. The molecular formula is C28H31N3O4. The summed E-state index contributed by atoms with van der Waals surface area (Å²) in [6.45, 7) is 4.67. The minimum absolute atomic E-state index is 0.105. The monoisotopic (exact) mass is 473 g/mol. The highest BCUT2D eigenvalue weighted by Gasteiger charge is 2.31. The van der Waals surface area contributed by atoms with Gasteiger partial charge in [0.2, 0.25) is 11.8 Å². The van der Waals surface area contributed by atoms with Crippen molar-refractivity contribution < 1.29 is 14.5 Å². The summed E-state index contributed by atoms with van der Waals surface area (Å²) in [4.78, 5) is 39.6. The van der Waals surface area contributed by atoms with Gasteiger partial charge in [-0.05, 0) is 24.5 Å². The number of aryl methyl sites for hydroxylation is 1. The second-order valence-corrected chi connectivity index (χ2v) is 8.57. The van der Waals surface area contributed by atoms with Crippen LogP contribution < -0.4 is 5.32 Å². The number of nitro groups is 1. The van der Waals surface area contributed by atoms with Gasteiger partial charge in [-0.1, -0.05) is 85.3 Å². The lowest BCUT2D eigenvalue weighted by Crippen LogP contribution is -2.51. The smallest absolute Gasteiger partial charge is 0.273 e. The standard InChI is InChI=1S/C28H31N3O4/c1-3-17-29-28(33)26(18-22-9-5-4-6-10-22)30(20-23-15-13-21(2)14-16-23)27(32)19-24-11-7-8-12-25(24)31(34)35/h4-16,26H,3,17-20H2,1-2H3,(H,29,33). The highest BCUT2D eigenvalue weighted by molar-refractivity contribution is 5.89. The molecule has 0 bridgehead atoms. The van der Waals surface area contributed by atoms with Crippen molar-refractivity contribution in [1.82, 2.24) is 10.2 Å². The molecule has 0 saturated carbocycles. The summed E-state index contributed by atoms with van der Waals surface area (Å²) >= 11 is 0. The number of rotatable bonds is 11. The molecule has 2 amide bonds. The Balaban J connectivity index is 1.99. The van der Waals surface area contributed by atoms with Crippen LogP contribution in [0.25, 0.3) is 0 Å². The number of nitrogens with one attached hydrogen (secondary N) is 1. The molecule has 0 saturated heterocycles. The molecule has 0 aromatic heterocycles. The molecule has 0 spiro atoms. The largest absolute Gasteiger partial charge is 0.354 e. The van der Waals surface area contributed by atoms with Gasteiger partial charge in [0.1, 0.15) is 6.04 Å². The Hall–Kier alpha value is -4.00. The van der Waals surface area contributed by atoms with E-state index in [1.165, 1.54) is 6.07 Å². The fourth-order valence-electron chi connectivity index (χ4n) is 3.91. The number of amides is 2. The lowest BCUT2D eigenvalue weighted by atomic mass is 10.0. The highest BCUT2D eigenvalue weighted by atomic mass is 16.6. The lowest BCUT2D eigenvalue weighted by molar-refractivity contribution is -0.385. The van der Waals surface area contributed by atoms with Crippen LogP contribution in [0.5, 0.6) is 0 Å². The number of nitrogens with zero attached hydrogens (tertiary/aromatic N) is 2. The van der Waals surface area contributed by atoms with Gasteiger partial charge in [-0.2, -0.15) is 0 Å².